The average molecular weight is 299 g/mol. The molecule has 0 aliphatic rings. The van der Waals surface area contributed by atoms with Crippen molar-refractivity contribution in [2.24, 2.45) is 4.99 Å². The second kappa shape index (κ2) is 15.1. The summed E-state index contributed by atoms with van der Waals surface area (Å²) in [6.45, 7) is 6.99. The molecule has 0 aliphatic carbocycles. The van der Waals surface area contributed by atoms with Crippen LogP contribution < -0.4 is 10.6 Å². The Morgan fingerprint density at radius 1 is 1.00 bits per heavy atom. The average Bonchev–Trinajstić information content (AvgIpc) is 2.50. The van der Waals surface area contributed by atoms with Gasteiger partial charge in [0.2, 0.25) is 0 Å². The van der Waals surface area contributed by atoms with Gasteiger partial charge in [0.25, 0.3) is 0 Å². The summed E-state index contributed by atoms with van der Waals surface area (Å²) in [5.41, 5.74) is 0. The fourth-order valence-corrected chi connectivity index (χ4v) is 1.95. The molecule has 0 saturated carbocycles. The molecule has 0 aromatic rings. The molecule has 21 heavy (non-hydrogen) atoms. The van der Waals surface area contributed by atoms with Gasteiger partial charge in [0.15, 0.2) is 5.96 Å². The molecule has 0 unspecified atom stereocenters. The van der Waals surface area contributed by atoms with Gasteiger partial charge in [0, 0.05) is 26.1 Å². The number of hydrogen-bond acceptors (Lipinski definition) is 3. The number of carbonyl (C=O) groups is 1. The lowest BCUT2D eigenvalue weighted by Gasteiger charge is -2.11. The number of esters is 1. The third kappa shape index (κ3) is 13.5. The first kappa shape index (κ1) is 19.7. The van der Waals surface area contributed by atoms with Crippen molar-refractivity contribution in [2.45, 2.75) is 65.2 Å². The molecular weight excluding hydrogens is 266 g/mol. The second-order valence-corrected chi connectivity index (χ2v) is 5.13. The van der Waals surface area contributed by atoms with Crippen LogP contribution in [0.25, 0.3) is 0 Å². The van der Waals surface area contributed by atoms with Crippen molar-refractivity contribution in [3.8, 4) is 0 Å². The molecule has 0 saturated heterocycles. The van der Waals surface area contributed by atoms with Crippen LogP contribution in [0, 0.1) is 0 Å². The molecule has 0 fully saturated rings. The van der Waals surface area contributed by atoms with E-state index in [4.69, 9.17) is 0 Å². The number of guanidine groups is 1. The molecule has 0 amide bonds. The Labute approximate surface area is 129 Å². The van der Waals surface area contributed by atoms with Crippen LogP contribution in [0.1, 0.15) is 65.2 Å². The van der Waals surface area contributed by atoms with Crippen LogP contribution in [0.3, 0.4) is 0 Å². The highest BCUT2D eigenvalue weighted by Gasteiger charge is 2.00. The largest absolute Gasteiger partial charge is 0.469 e. The lowest BCUT2D eigenvalue weighted by atomic mass is 10.1. The number of ether oxygens (including phenoxy) is 1. The summed E-state index contributed by atoms with van der Waals surface area (Å²) in [6, 6.07) is 0. The molecule has 0 atom stereocenters. The van der Waals surface area contributed by atoms with Crippen molar-refractivity contribution >= 4 is 11.9 Å². The van der Waals surface area contributed by atoms with Crippen molar-refractivity contribution in [3.05, 3.63) is 0 Å². The molecular formula is C16H33N3O2. The number of aliphatic imine (C=N–C) groups is 1. The predicted octanol–water partition coefficient (Wildman–Crippen LogP) is 2.86. The van der Waals surface area contributed by atoms with Crippen molar-refractivity contribution in [1.29, 1.82) is 0 Å². The van der Waals surface area contributed by atoms with Gasteiger partial charge in [0.1, 0.15) is 0 Å². The second-order valence-electron chi connectivity index (χ2n) is 5.13. The number of carbonyl (C=O) groups excluding carboxylic acids is 1. The quantitative estimate of drug-likeness (QED) is 0.252. The maximum atomic E-state index is 11.0. The fourth-order valence-electron chi connectivity index (χ4n) is 1.95. The van der Waals surface area contributed by atoms with E-state index in [-0.39, 0.29) is 5.97 Å². The maximum Gasteiger partial charge on any atom is 0.305 e. The minimum absolute atomic E-state index is 0.109. The molecule has 0 heterocycles. The summed E-state index contributed by atoms with van der Waals surface area (Å²) in [5.74, 6) is 0.810. The number of methoxy groups -OCH3 is 1. The maximum absolute atomic E-state index is 11.0. The number of nitrogens with zero attached hydrogens (tertiary/aromatic N) is 1. The van der Waals surface area contributed by atoms with E-state index in [1.165, 1.54) is 20.0 Å². The SMILES string of the molecule is CCCCCN=C(NCC)NCCCCCCC(=O)OC. The van der Waals surface area contributed by atoms with Gasteiger partial charge in [0.05, 0.1) is 7.11 Å². The first-order chi connectivity index (χ1) is 10.2. The normalized spacial score (nSPS) is 11.3. The van der Waals surface area contributed by atoms with E-state index in [0.29, 0.717) is 6.42 Å². The van der Waals surface area contributed by atoms with Gasteiger partial charge < -0.3 is 15.4 Å². The Balaban J connectivity index is 3.61. The van der Waals surface area contributed by atoms with Crippen LogP contribution >= 0.6 is 0 Å². The predicted molar refractivity (Wildman–Crippen MR) is 88.6 cm³/mol. The Bertz CT molecular complexity index is 281. The molecule has 0 aromatic heterocycles. The highest BCUT2D eigenvalue weighted by atomic mass is 16.5. The molecule has 0 spiro atoms. The molecule has 0 aliphatic heterocycles. The molecule has 5 heteroatoms. The van der Waals surface area contributed by atoms with Crippen molar-refractivity contribution < 1.29 is 9.53 Å². The van der Waals surface area contributed by atoms with Gasteiger partial charge in [-0.25, -0.2) is 0 Å². The molecule has 0 aromatic carbocycles. The highest BCUT2D eigenvalue weighted by molar-refractivity contribution is 5.79. The van der Waals surface area contributed by atoms with Crippen LogP contribution in [0.2, 0.25) is 0 Å². The van der Waals surface area contributed by atoms with Gasteiger partial charge in [-0.15, -0.1) is 0 Å². The Hall–Kier alpha value is -1.26. The number of nitrogens with one attached hydrogen (secondary N) is 2. The molecule has 0 bridgehead atoms. The number of unbranched alkanes of at least 4 members (excludes halogenated alkanes) is 5. The van der Waals surface area contributed by atoms with Crippen LogP contribution in [-0.2, 0) is 9.53 Å². The van der Waals surface area contributed by atoms with Crippen molar-refractivity contribution in [1.82, 2.24) is 10.6 Å². The molecule has 2 N–H and O–H groups in total. The zero-order valence-corrected chi connectivity index (χ0v) is 14.0. The van der Waals surface area contributed by atoms with Gasteiger partial charge in [-0.2, -0.15) is 0 Å². The Kier molecular flexibility index (Phi) is 14.2. The standard InChI is InChI=1S/C16H33N3O2/c1-4-6-10-13-18-16(17-5-2)19-14-11-8-7-9-12-15(20)21-3/h4-14H2,1-3H3,(H2,17,18,19). The topological polar surface area (TPSA) is 62.7 Å². The summed E-state index contributed by atoms with van der Waals surface area (Å²) < 4.78 is 4.62. The lowest BCUT2D eigenvalue weighted by molar-refractivity contribution is -0.140. The lowest BCUT2D eigenvalue weighted by Crippen LogP contribution is -2.37. The Morgan fingerprint density at radius 2 is 1.76 bits per heavy atom. The van der Waals surface area contributed by atoms with Crippen LogP contribution in [0.4, 0.5) is 0 Å². The van der Waals surface area contributed by atoms with E-state index in [9.17, 15) is 4.79 Å². The van der Waals surface area contributed by atoms with Gasteiger partial charge in [-0.3, -0.25) is 9.79 Å². The molecule has 0 radical (unpaired) electrons. The third-order valence-electron chi connectivity index (χ3n) is 3.20. The monoisotopic (exact) mass is 299 g/mol. The first-order valence-corrected chi connectivity index (χ1v) is 8.33. The summed E-state index contributed by atoms with van der Waals surface area (Å²) in [6.07, 6.45) is 8.36. The van der Waals surface area contributed by atoms with Crippen LogP contribution in [0.15, 0.2) is 4.99 Å². The van der Waals surface area contributed by atoms with Crippen LogP contribution in [0.5, 0.6) is 0 Å². The molecule has 0 rings (SSSR count). The summed E-state index contributed by atoms with van der Waals surface area (Å²) >= 11 is 0. The highest BCUT2D eigenvalue weighted by Crippen LogP contribution is 2.03. The van der Waals surface area contributed by atoms with Gasteiger partial charge in [-0.05, 0) is 26.2 Å². The van der Waals surface area contributed by atoms with E-state index in [1.807, 2.05) is 0 Å². The van der Waals surface area contributed by atoms with Crippen molar-refractivity contribution in [3.63, 3.8) is 0 Å². The number of hydrogen-bond donors (Lipinski definition) is 2. The van der Waals surface area contributed by atoms with Crippen molar-refractivity contribution in [2.75, 3.05) is 26.7 Å². The first-order valence-electron chi connectivity index (χ1n) is 8.33. The van der Waals surface area contributed by atoms with Gasteiger partial charge in [-0.1, -0.05) is 32.6 Å². The summed E-state index contributed by atoms with van der Waals surface area (Å²) in [4.78, 5) is 15.5. The van der Waals surface area contributed by atoms with E-state index in [1.54, 1.807) is 0 Å². The van der Waals surface area contributed by atoms with E-state index >= 15 is 0 Å². The fraction of sp³-hybridized carbons (Fsp3) is 0.875. The minimum atomic E-state index is -0.109. The van der Waals surface area contributed by atoms with E-state index in [0.717, 1.165) is 57.7 Å². The Morgan fingerprint density at radius 3 is 2.43 bits per heavy atom. The van der Waals surface area contributed by atoms with Gasteiger partial charge >= 0.3 is 5.97 Å². The molecule has 5 nitrogen and oxygen atoms in total. The van der Waals surface area contributed by atoms with E-state index < -0.39 is 0 Å². The summed E-state index contributed by atoms with van der Waals surface area (Å²) in [7, 11) is 1.44. The van der Waals surface area contributed by atoms with E-state index in [2.05, 4.69) is 34.2 Å². The third-order valence-corrected chi connectivity index (χ3v) is 3.20. The van der Waals surface area contributed by atoms with Crippen LogP contribution in [-0.4, -0.2) is 38.7 Å². The minimum Gasteiger partial charge on any atom is -0.469 e. The number of rotatable bonds is 12. The smallest absolute Gasteiger partial charge is 0.305 e. The summed E-state index contributed by atoms with van der Waals surface area (Å²) in [5, 5.41) is 6.62. The zero-order valence-electron chi connectivity index (χ0n) is 14.0. The molecule has 124 valence electrons. The zero-order chi connectivity index (χ0) is 15.8.